The van der Waals surface area contributed by atoms with E-state index in [0.29, 0.717) is 0 Å². The van der Waals surface area contributed by atoms with E-state index < -0.39 is 5.41 Å². The summed E-state index contributed by atoms with van der Waals surface area (Å²) < 4.78 is 0. The van der Waals surface area contributed by atoms with Gasteiger partial charge in [0.1, 0.15) is 0 Å². The van der Waals surface area contributed by atoms with Crippen LogP contribution in [0.25, 0.3) is 66.8 Å². The van der Waals surface area contributed by atoms with E-state index >= 15 is 0 Å². The van der Waals surface area contributed by atoms with Gasteiger partial charge < -0.3 is 4.90 Å². The molecule has 0 saturated carbocycles. The minimum Gasteiger partial charge on any atom is -0.310 e. The molecule has 0 amide bonds. The molecule has 0 saturated heterocycles. The lowest BCUT2D eigenvalue weighted by molar-refractivity contribution is 0.768. The minimum absolute atomic E-state index is 0.497. The molecule has 1 aliphatic rings. The Bertz CT molecular complexity index is 3470. The van der Waals surface area contributed by atoms with Crippen molar-refractivity contribution < 1.29 is 0 Å². The molecule has 0 N–H and O–H groups in total. The SMILES string of the molecule is c1ccc(-c2ccc(-c3ccc(N(c4ccc5c(c4)-c4ccccc4C5(c4ccccc4)c4ccccc4)c4cccc(-c5ccccc5)c4-c4ccccc4-c4ccccc4)cc3)cc2)cc1. The quantitative estimate of drug-likeness (QED) is 0.132. The standard InChI is InChI=1S/C67H47N/c1-6-21-48(22-7-1)49-37-39-50(40-38-49)51-41-43-56(44-42-51)68(65-36-20-34-59(53-25-10-3-11-26-53)66(65)61-33-17-16-31-58(61)52-23-8-2-9-24-52)57-45-46-64-62(47-57)60-32-18-19-35-63(60)67(64,54-27-12-4-13-28-54)55-29-14-5-15-30-55/h1-47H. The average molecular weight is 866 g/mol. The van der Waals surface area contributed by atoms with Gasteiger partial charge in [-0.1, -0.05) is 255 Å². The maximum Gasteiger partial charge on any atom is 0.0713 e. The highest BCUT2D eigenvalue weighted by atomic mass is 15.1. The lowest BCUT2D eigenvalue weighted by Gasteiger charge is -2.34. The van der Waals surface area contributed by atoms with Crippen molar-refractivity contribution in [3.05, 3.63) is 307 Å². The Hall–Kier alpha value is -8.78. The van der Waals surface area contributed by atoms with Crippen molar-refractivity contribution in [3.63, 3.8) is 0 Å². The summed E-state index contributed by atoms with van der Waals surface area (Å²) in [5.41, 5.74) is 22.1. The molecule has 12 rings (SSSR count). The average Bonchev–Trinajstić information content (AvgIpc) is 3.73. The smallest absolute Gasteiger partial charge is 0.0713 e. The van der Waals surface area contributed by atoms with E-state index in [1.165, 1.54) is 89.0 Å². The third kappa shape index (κ3) is 7.05. The van der Waals surface area contributed by atoms with Gasteiger partial charge in [0.15, 0.2) is 0 Å². The second-order valence-corrected chi connectivity index (χ2v) is 17.6. The van der Waals surface area contributed by atoms with Gasteiger partial charge in [0.2, 0.25) is 0 Å². The molecule has 1 nitrogen and oxygen atoms in total. The van der Waals surface area contributed by atoms with E-state index in [2.05, 4.69) is 290 Å². The summed E-state index contributed by atoms with van der Waals surface area (Å²) in [4.78, 5) is 2.49. The van der Waals surface area contributed by atoms with E-state index in [-0.39, 0.29) is 0 Å². The Kier molecular flexibility index (Phi) is 10.5. The number of rotatable bonds is 10. The summed E-state index contributed by atoms with van der Waals surface area (Å²) >= 11 is 0. The topological polar surface area (TPSA) is 3.24 Å². The van der Waals surface area contributed by atoms with Crippen molar-refractivity contribution in [1.82, 2.24) is 0 Å². The van der Waals surface area contributed by atoms with Gasteiger partial charge in [-0.2, -0.15) is 0 Å². The molecule has 0 unspecified atom stereocenters. The van der Waals surface area contributed by atoms with Crippen LogP contribution < -0.4 is 4.90 Å². The Morgan fingerprint density at radius 3 is 1.21 bits per heavy atom. The Morgan fingerprint density at radius 1 is 0.235 bits per heavy atom. The molecule has 0 radical (unpaired) electrons. The van der Waals surface area contributed by atoms with Crippen LogP contribution in [0, 0.1) is 0 Å². The molecule has 1 heteroatoms. The van der Waals surface area contributed by atoms with Crippen LogP contribution in [0.5, 0.6) is 0 Å². The normalized spacial score (nSPS) is 12.2. The van der Waals surface area contributed by atoms with Gasteiger partial charge in [-0.3, -0.25) is 0 Å². The van der Waals surface area contributed by atoms with E-state index in [0.717, 1.165) is 17.1 Å². The summed E-state index contributed by atoms with van der Waals surface area (Å²) in [6.07, 6.45) is 0. The predicted octanol–water partition coefficient (Wildman–Crippen LogP) is 17.9. The van der Waals surface area contributed by atoms with E-state index in [1.54, 1.807) is 0 Å². The van der Waals surface area contributed by atoms with E-state index in [1.807, 2.05) is 0 Å². The van der Waals surface area contributed by atoms with Crippen molar-refractivity contribution in [3.8, 4) is 66.8 Å². The summed E-state index contributed by atoms with van der Waals surface area (Å²) in [5.74, 6) is 0. The van der Waals surface area contributed by atoms with Crippen LogP contribution >= 0.6 is 0 Å². The van der Waals surface area contributed by atoms with Gasteiger partial charge in [0, 0.05) is 16.9 Å². The summed E-state index contributed by atoms with van der Waals surface area (Å²) in [6.45, 7) is 0. The molecule has 68 heavy (non-hydrogen) atoms. The lowest BCUT2D eigenvalue weighted by Crippen LogP contribution is -2.28. The molecule has 0 fully saturated rings. The largest absolute Gasteiger partial charge is 0.310 e. The highest BCUT2D eigenvalue weighted by Crippen LogP contribution is 2.58. The van der Waals surface area contributed by atoms with Crippen LogP contribution in [0.1, 0.15) is 22.3 Å². The lowest BCUT2D eigenvalue weighted by atomic mass is 9.68. The monoisotopic (exact) mass is 865 g/mol. The zero-order chi connectivity index (χ0) is 45.3. The fourth-order valence-corrected chi connectivity index (χ4v) is 10.7. The van der Waals surface area contributed by atoms with Gasteiger partial charge in [0.25, 0.3) is 0 Å². The number of fused-ring (bicyclic) bond motifs is 3. The molecule has 1 aliphatic carbocycles. The number of benzene rings is 11. The molecule has 0 bridgehead atoms. The molecule has 0 atom stereocenters. The Labute approximate surface area is 399 Å². The van der Waals surface area contributed by atoms with Crippen molar-refractivity contribution in [2.75, 3.05) is 4.90 Å². The molecule has 320 valence electrons. The second-order valence-electron chi connectivity index (χ2n) is 17.6. The van der Waals surface area contributed by atoms with Crippen LogP contribution in [0.4, 0.5) is 17.1 Å². The van der Waals surface area contributed by atoms with Crippen molar-refractivity contribution in [2.24, 2.45) is 0 Å². The van der Waals surface area contributed by atoms with Crippen LogP contribution in [0.2, 0.25) is 0 Å². The van der Waals surface area contributed by atoms with Crippen LogP contribution in [-0.2, 0) is 5.41 Å². The highest BCUT2D eigenvalue weighted by Gasteiger charge is 2.46. The molecular weight excluding hydrogens is 819 g/mol. The third-order valence-corrected chi connectivity index (χ3v) is 13.8. The highest BCUT2D eigenvalue weighted by molar-refractivity contribution is 6.02. The second kappa shape index (κ2) is 17.5. The molecular formula is C67H47N. The number of hydrogen-bond donors (Lipinski definition) is 0. The summed E-state index contributed by atoms with van der Waals surface area (Å²) in [5, 5.41) is 0. The Morgan fingerprint density at radius 2 is 0.632 bits per heavy atom. The van der Waals surface area contributed by atoms with Gasteiger partial charge in [0.05, 0.1) is 11.1 Å². The van der Waals surface area contributed by atoms with Gasteiger partial charge in [-0.15, -0.1) is 0 Å². The minimum atomic E-state index is -0.497. The van der Waals surface area contributed by atoms with Gasteiger partial charge >= 0.3 is 0 Å². The molecule has 0 spiro atoms. The molecule has 11 aromatic carbocycles. The molecule has 0 aromatic heterocycles. The summed E-state index contributed by atoms with van der Waals surface area (Å²) in [7, 11) is 0. The third-order valence-electron chi connectivity index (χ3n) is 13.8. The Balaban J connectivity index is 1.10. The van der Waals surface area contributed by atoms with Gasteiger partial charge in [-0.05, 0) is 114 Å². The van der Waals surface area contributed by atoms with Crippen LogP contribution in [0.3, 0.4) is 0 Å². The molecule has 0 aliphatic heterocycles. The van der Waals surface area contributed by atoms with Crippen LogP contribution in [-0.4, -0.2) is 0 Å². The van der Waals surface area contributed by atoms with Crippen LogP contribution in [0.15, 0.2) is 285 Å². The van der Waals surface area contributed by atoms with E-state index in [4.69, 9.17) is 0 Å². The van der Waals surface area contributed by atoms with Crippen molar-refractivity contribution in [1.29, 1.82) is 0 Å². The maximum atomic E-state index is 2.49. The number of nitrogens with zero attached hydrogens (tertiary/aromatic N) is 1. The molecule has 11 aromatic rings. The summed E-state index contributed by atoms with van der Waals surface area (Å²) in [6, 6.07) is 104. The van der Waals surface area contributed by atoms with Gasteiger partial charge in [-0.25, -0.2) is 0 Å². The predicted molar refractivity (Wildman–Crippen MR) is 286 cm³/mol. The van der Waals surface area contributed by atoms with Crippen molar-refractivity contribution >= 4 is 17.1 Å². The van der Waals surface area contributed by atoms with Crippen molar-refractivity contribution in [2.45, 2.75) is 5.41 Å². The first kappa shape index (κ1) is 40.7. The maximum absolute atomic E-state index is 2.49. The number of hydrogen-bond acceptors (Lipinski definition) is 1. The fraction of sp³-hybridized carbons (Fsp3) is 0.0149. The first-order chi connectivity index (χ1) is 33.8. The zero-order valence-corrected chi connectivity index (χ0v) is 37.6. The zero-order valence-electron chi connectivity index (χ0n) is 37.6. The van der Waals surface area contributed by atoms with E-state index in [9.17, 15) is 0 Å². The fourth-order valence-electron chi connectivity index (χ4n) is 10.7. The first-order valence-electron chi connectivity index (χ1n) is 23.5. The number of anilines is 3. The first-order valence-corrected chi connectivity index (χ1v) is 23.5. The molecule has 0 heterocycles.